The van der Waals surface area contributed by atoms with Crippen molar-refractivity contribution in [2.75, 3.05) is 24.6 Å². The third-order valence-corrected chi connectivity index (χ3v) is 7.38. The Morgan fingerprint density at radius 3 is 2.46 bits per heavy atom. The number of carboxylic acids is 1. The maximum atomic E-state index is 14.9. The van der Waals surface area contributed by atoms with E-state index in [1.54, 1.807) is 22.8 Å². The van der Waals surface area contributed by atoms with Crippen molar-refractivity contribution in [1.29, 1.82) is 0 Å². The lowest BCUT2D eigenvalue weighted by molar-refractivity contribution is 0.0694. The number of benzene rings is 2. The van der Waals surface area contributed by atoms with Gasteiger partial charge in [-0.05, 0) is 49.1 Å². The molecule has 0 bridgehead atoms. The third-order valence-electron chi connectivity index (χ3n) is 7.09. The lowest BCUT2D eigenvalue weighted by atomic mass is 9.96. The molecule has 3 N–H and O–H groups in total. The highest BCUT2D eigenvalue weighted by Crippen LogP contribution is 2.33. The van der Waals surface area contributed by atoms with Gasteiger partial charge in [-0.3, -0.25) is 4.79 Å². The molecule has 2 heterocycles. The summed E-state index contributed by atoms with van der Waals surface area (Å²) >= 11 is 6.05. The number of carbonyl (C=O) groups is 1. The van der Waals surface area contributed by atoms with E-state index in [9.17, 15) is 24.2 Å². The number of carboxylic acid groups (broad SMARTS) is 1. The van der Waals surface area contributed by atoms with E-state index in [-0.39, 0.29) is 47.0 Å². The third kappa shape index (κ3) is 5.37. The summed E-state index contributed by atoms with van der Waals surface area (Å²) in [7, 11) is 0. The molecule has 3 aromatic rings. The number of aliphatic hydroxyl groups excluding tert-OH is 1. The van der Waals surface area contributed by atoms with Crippen molar-refractivity contribution >= 4 is 34.2 Å². The predicted octanol–water partition coefficient (Wildman–Crippen LogP) is 4.46. The molecule has 1 fully saturated rings. The molecule has 2 unspecified atom stereocenters. The summed E-state index contributed by atoms with van der Waals surface area (Å²) in [5, 5.41) is 23.7. The molecule has 7 nitrogen and oxygen atoms in total. The van der Waals surface area contributed by atoms with Gasteiger partial charge >= 0.3 is 5.97 Å². The molecular weight excluding hydrogens is 497 g/mol. The smallest absolute Gasteiger partial charge is 0.341 e. The molecule has 37 heavy (non-hydrogen) atoms. The van der Waals surface area contributed by atoms with Gasteiger partial charge < -0.3 is 25.0 Å². The summed E-state index contributed by atoms with van der Waals surface area (Å²) in [6, 6.07) is 8.36. The molecule has 0 saturated carbocycles. The normalized spacial score (nSPS) is 19.0. The van der Waals surface area contributed by atoms with Crippen molar-refractivity contribution in [3.63, 3.8) is 0 Å². The zero-order chi connectivity index (χ0) is 27.0. The van der Waals surface area contributed by atoms with Gasteiger partial charge in [-0.15, -0.1) is 0 Å². The summed E-state index contributed by atoms with van der Waals surface area (Å²) in [6.45, 7) is 9.23. The quantitative estimate of drug-likeness (QED) is 0.418. The summed E-state index contributed by atoms with van der Waals surface area (Å²) in [5.41, 5.74) is 1.47. The fourth-order valence-electron chi connectivity index (χ4n) is 5.33. The Balaban J connectivity index is 2.03. The highest BCUT2D eigenvalue weighted by atomic mass is 35.5. The van der Waals surface area contributed by atoms with Crippen molar-refractivity contribution in [3.05, 3.63) is 74.3 Å². The average molecular weight is 530 g/mol. The van der Waals surface area contributed by atoms with Crippen LogP contribution in [0.1, 0.15) is 55.2 Å². The van der Waals surface area contributed by atoms with Gasteiger partial charge in [-0.1, -0.05) is 37.6 Å². The molecule has 1 aromatic heterocycles. The van der Waals surface area contributed by atoms with Gasteiger partial charge in [0.15, 0.2) is 0 Å². The second-order valence-corrected chi connectivity index (χ2v) is 10.7. The van der Waals surface area contributed by atoms with E-state index in [0.717, 1.165) is 5.69 Å². The lowest BCUT2D eigenvalue weighted by Crippen LogP contribution is -2.54. The number of nitrogens with one attached hydrogen (secondary N) is 1. The Kier molecular flexibility index (Phi) is 7.92. The number of aromatic nitrogens is 1. The highest BCUT2D eigenvalue weighted by molar-refractivity contribution is 6.30. The Hall–Kier alpha value is -2.94. The van der Waals surface area contributed by atoms with Crippen LogP contribution >= 0.6 is 11.6 Å². The number of halogens is 2. The molecule has 1 aliphatic heterocycles. The average Bonchev–Trinajstić information content (AvgIpc) is 2.82. The van der Waals surface area contributed by atoms with Crippen molar-refractivity contribution in [1.82, 2.24) is 9.88 Å². The van der Waals surface area contributed by atoms with Crippen LogP contribution in [0.15, 0.2) is 41.3 Å². The number of piperazine rings is 1. The minimum Gasteiger partial charge on any atom is -0.477 e. The van der Waals surface area contributed by atoms with Crippen LogP contribution in [0.5, 0.6) is 0 Å². The molecule has 0 radical (unpaired) electrons. The number of pyridine rings is 1. The van der Waals surface area contributed by atoms with E-state index in [2.05, 4.69) is 24.1 Å². The second kappa shape index (κ2) is 10.8. The molecule has 1 saturated heterocycles. The maximum absolute atomic E-state index is 14.9. The SMILES string of the molecule is CC1CN(c2cc3c(cc2Cc2cccc(Cl)c2F)c(=O)c(C(=O)O)cn3[C@H](CO)C(C)C)CC(C)N1. The number of hydrogen-bond acceptors (Lipinski definition) is 5. The first-order valence-electron chi connectivity index (χ1n) is 12.5. The standard InChI is InChI=1S/C28H33ClFN3O4/c1-15(2)25(14-34)33-13-21(28(36)37)27(35)20-9-19(8-18-6-5-7-22(29)26(18)30)23(10-24(20)33)32-11-16(3)31-17(4)12-32/h5-7,9-10,13,15-17,25,31,34H,8,11-12,14H2,1-4H3,(H,36,37)/t16?,17?,25-/m1/s1. The molecule has 3 atom stereocenters. The molecule has 0 amide bonds. The van der Waals surface area contributed by atoms with Crippen LogP contribution in [-0.4, -0.2) is 52.5 Å². The lowest BCUT2D eigenvalue weighted by Gasteiger charge is -2.39. The Labute approximate surface area is 220 Å². The summed E-state index contributed by atoms with van der Waals surface area (Å²) in [5.74, 6) is -1.88. The van der Waals surface area contributed by atoms with Crippen molar-refractivity contribution in [2.24, 2.45) is 5.92 Å². The summed E-state index contributed by atoms with van der Waals surface area (Å²) in [4.78, 5) is 27.5. The van der Waals surface area contributed by atoms with Gasteiger partial charge in [0.2, 0.25) is 5.43 Å². The Morgan fingerprint density at radius 1 is 1.19 bits per heavy atom. The predicted molar refractivity (Wildman–Crippen MR) is 145 cm³/mol. The molecule has 2 aromatic carbocycles. The van der Waals surface area contributed by atoms with Gasteiger partial charge in [-0.2, -0.15) is 0 Å². The van der Waals surface area contributed by atoms with E-state index in [0.29, 0.717) is 29.7 Å². The van der Waals surface area contributed by atoms with Gasteiger partial charge in [0.25, 0.3) is 0 Å². The number of rotatable bonds is 7. The largest absolute Gasteiger partial charge is 0.477 e. The topological polar surface area (TPSA) is 94.8 Å². The van der Waals surface area contributed by atoms with E-state index in [1.165, 1.54) is 12.3 Å². The van der Waals surface area contributed by atoms with Crippen LogP contribution in [0.3, 0.4) is 0 Å². The number of aliphatic hydroxyl groups is 1. The minimum atomic E-state index is -1.34. The van der Waals surface area contributed by atoms with Gasteiger partial charge in [-0.25, -0.2) is 9.18 Å². The van der Waals surface area contributed by atoms with Crippen molar-refractivity contribution < 1.29 is 19.4 Å². The van der Waals surface area contributed by atoms with Crippen LogP contribution in [0.4, 0.5) is 10.1 Å². The minimum absolute atomic E-state index is 0.0162. The number of nitrogens with zero attached hydrogens (tertiary/aromatic N) is 2. The first-order chi connectivity index (χ1) is 17.5. The molecule has 9 heteroatoms. The molecule has 0 aliphatic carbocycles. The zero-order valence-corrected chi connectivity index (χ0v) is 22.2. The summed E-state index contributed by atoms with van der Waals surface area (Å²) < 4.78 is 16.6. The van der Waals surface area contributed by atoms with Crippen molar-refractivity contribution in [2.45, 2.75) is 52.2 Å². The molecular formula is C28H33ClFN3O4. The Morgan fingerprint density at radius 2 is 1.86 bits per heavy atom. The van der Waals surface area contributed by atoms with Gasteiger partial charge in [0, 0.05) is 48.9 Å². The van der Waals surface area contributed by atoms with Crippen LogP contribution in [0.2, 0.25) is 5.02 Å². The number of hydrogen-bond donors (Lipinski definition) is 3. The van der Waals surface area contributed by atoms with Gasteiger partial charge in [0.1, 0.15) is 11.4 Å². The summed E-state index contributed by atoms with van der Waals surface area (Å²) in [6.07, 6.45) is 1.51. The molecule has 198 valence electrons. The number of fused-ring (bicyclic) bond motifs is 1. The zero-order valence-electron chi connectivity index (χ0n) is 21.5. The number of aromatic carboxylic acids is 1. The molecule has 4 rings (SSSR count). The fraction of sp³-hybridized carbons (Fsp3) is 0.429. The monoisotopic (exact) mass is 529 g/mol. The van der Waals surface area contributed by atoms with Crippen LogP contribution in [0, 0.1) is 11.7 Å². The number of anilines is 1. The van der Waals surface area contributed by atoms with Crippen molar-refractivity contribution in [3.8, 4) is 0 Å². The first kappa shape index (κ1) is 27.1. The van der Waals surface area contributed by atoms with Gasteiger partial charge in [0.05, 0.1) is 23.2 Å². The highest BCUT2D eigenvalue weighted by Gasteiger charge is 2.27. The van der Waals surface area contributed by atoms with Crippen LogP contribution in [0.25, 0.3) is 10.9 Å². The van der Waals surface area contributed by atoms with E-state index in [1.807, 2.05) is 19.9 Å². The first-order valence-corrected chi connectivity index (χ1v) is 12.9. The van der Waals surface area contributed by atoms with Crippen LogP contribution in [-0.2, 0) is 6.42 Å². The second-order valence-electron chi connectivity index (χ2n) is 10.3. The molecule has 1 aliphatic rings. The van der Waals surface area contributed by atoms with E-state index >= 15 is 0 Å². The fourth-order valence-corrected chi connectivity index (χ4v) is 5.52. The van der Waals surface area contributed by atoms with E-state index < -0.39 is 23.3 Å². The van der Waals surface area contributed by atoms with Crippen LogP contribution < -0.4 is 15.6 Å². The Bertz CT molecular complexity index is 1380. The molecule has 0 spiro atoms. The maximum Gasteiger partial charge on any atom is 0.341 e. The van der Waals surface area contributed by atoms with E-state index in [4.69, 9.17) is 11.6 Å².